The molecule has 2 nitrogen and oxygen atoms in total. The lowest BCUT2D eigenvalue weighted by Crippen LogP contribution is -2.22. The first-order chi connectivity index (χ1) is 8.08. The topological polar surface area (TPSA) is 22.0 Å². The van der Waals surface area contributed by atoms with Crippen LogP contribution in [-0.2, 0) is 0 Å². The van der Waals surface area contributed by atoms with Gasteiger partial charge in [-0.25, -0.2) is 0 Å². The molecular formula is C13H11Br2NO. The molecule has 1 atom stereocenters. The summed E-state index contributed by atoms with van der Waals surface area (Å²) in [5, 5.41) is 0. The third-order valence-electron chi connectivity index (χ3n) is 2.66. The van der Waals surface area contributed by atoms with Crippen molar-refractivity contribution in [2.75, 3.05) is 0 Å². The summed E-state index contributed by atoms with van der Waals surface area (Å²) < 4.78 is 3.54. The molecule has 2 rings (SSSR count). The predicted molar refractivity (Wildman–Crippen MR) is 76.4 cm³/mol. The number of hydrogen-bond acceptors (Lipinski definition) is 1. The Kier molecular flexibility index (Phi) is 3.84. The Hall–Kier alpha value is -0.870. The monoisotopic (exact) mass is 355 g/mol. The molecule has 0 saturated carbocycles. The number of pyridine rings is 1. The summed E-state index contributed by atoms with van der Waals surface area (Å²) in [6, 6.07) is 11.5. The lowest BCUT2D eigenvalue weighted by Gasteiger charge is -2.15. The summed E-state index contributed by atoms with van der Waals surface area (Å²) >= 11 is 6.73. The van der Waals surface area contributed by atoms with E-state index in [1.165, 1.54) is 0 Å². The molecule has 0 radical (unpaired) electrons. The van der Waals surface area contributed by atoms with E-state index in [-0.39, 0.29) is 11.6 Å². The van der Waals surface area contributed by atoms with Crippen LogP contribution in [0.1, 0.15) is 18.5 Å². The quantitative estimate of drug-likeness (QED) is 0.797. The van der Waals surface area contributed by atoms with E-state index in [0.29, 0.717) is 0 Å². The van der Waals surface area contributed by atoms with Crippen LogP contribution in [0.15, 0.2) is 56.3 Å². The van der Waals surface area contributed by atoms with Crippen LogP contribution in [0.5, 0.6) is 0 Å². The summed E-state index contributed by atoms with van der Waals surface area (Å²) in [7, 11) is 0. The Bertz CT molecular complexity index is 592. The smallest absolute Gasteiger partial charge is 0.252 e. The Morgan fingerprint density at radius 3 is 2.47 bits per heavy atom. The minimum atomic E-state index is -0.00755. The van der Waals surface area contributed by atoms with Crippen molar-refractivity contribution in [3.05, 3.63) is 67.5 Å². The van der Waals surface area contributed by atoms with E-state index < -0.39 is 0 Å². The minimum absolute atomic E-state index is 0.00755. The van der Waals surface area contributed by atoms with E-state index in [2.05, 4.69) is 31.9 Å². The second-order valence-electron chi connectivity index (χ2n) is 3.82. The molecule has 2 aromatic rings. The van der Waals surface area contributed by atoms with Crippen LogP contribution in [-0.4, -0.2) is 4.57 Å². The number of aromatic nitrogens is 1. The maximum Gasteiger partial charge on any atom is 0.252 e. The normalized spacial score (nSPS) is 12.4. The molecule has 17 heavy (non-hydrogen) atoms. The molecule has 1 aromatic carbocycles. The summed E-state index contributed by atoms with van der Waals surface area (Å²) in [4.78, 5) is 11.9. The zero-order chi connectivity index (χ0) is 12.4. The first kappa shape index (κ1) is 12.6. The molecule has 0 aliphatic rings. The van der Waals surface area contributed by atoms with Crippen molar-refractivity contribution in [2.45, 2.75) is 13.0 Å². The molecule has 1 aromatic heterocycles. The zero-order valence-corrected chi connectivity index (χ0v) is 12.4. The van der Waals surface area contributed by atoms with Crippen LogP contribution in [0, 0.1) is 0 Å². The molecule has 0 amide bonds. The van der Waals surface area contributed by atoms with Gasteiger partial charge in [-0.05, 0) is 30.7 Å². The van der Waals surface area contributed by atoms with Gasteiger partial charge in [0.2, 0.25) is 0 Å². The molecular weight excluding hydrogens is 346 g/mol. The molecule has 4 heteroatoms. The minimum Gasteiger partial charge on any atom is -0.308 e. The van der Waals surface area contributed by atoms with Gasteiger partial charge in [0.25, 0.3) is 5.56 Å². The van der Waals surface area contributed by atoms with Crippen molar-refractivity contribution >= 4 is 31.9 Å². The van der Waals surface area contributed by atoms with Crippen LogP contribution in [0.3, 0.4) is 0 Å². The van der Waals surface area contributed by atoms with Gasteiger partial charge in [-0.15, -0.1) is 0 Å². The van der Waals surface area contributed by atoms with Gasteiger partial charge >= 0.3 is 0 Å². The summed E-state index contributed by atoms with van der Waals surface area (Å²) in [5.41, 5.74) is 1.09. The lowest BCUT2D eigenvalue weighted by molar-refractivity contribution is 0.614. The highest BCUT2D eigenvalue weighted by molar-refractivity contribution is 9.10. The van der Waals surface area contributed by atoms with Crippen LogP contribution >= 0.6 is 31.9 Å². The zero-order valence-electron chi connectivity index (χ0n) is 9.23. The van der Waals surface area contributed by atoms with Crippen molar-refractivity contribution in [3.63, 3.8) is 0 Å². The van der Waals surface area contributed by atoms with Crippen molar-refractivity contribution in [3.8, 4) is 0 Å². The summed E-state index contributed by atoms with van der Waals surface area (Å²) in [6.07, 6.45) is 1.80. The molecule has 0 aliphatic carbocycles. The largest absolute Gasteiger partial charge is 0.308 e. The Labute approximate surface area is 117 Å². The SMILES string of the molecule is CC(c1cccc(Br)c1)n1ccc(Br)cc1=O. The Morgan fingerprint density at radius 1 is 1.12 bits per heavy atom. The average molecular weight is 357 g/mol. The maximum atomic E-state index is 11.9. The van der Waals surface area contributed by atoms with Gasteiger partial charge < -0.3 is 4.57 Å². The third-order valence-corrected chi connectivity index (χ3v) is 3.65. The summed E-state index contributed by atoms with van der Waals surface area (Å²) in [5.74, 6) is 0. The van der Waals surface area contributed by atoms with E-state index in [9.17, 15) is 4.79 Å². The molecule has 0 bridgehead atoms. The highest BCUT2D eigenvalue weighted by atomic mass is 79.9. The second-order valence-corrected chi connectivity index (χ2v) is 5.65. The number of benzene rings is 1. The van der Waals surface area contributed by atoms with Gasteiger partial charge in [0.05, 0.1) is 6.04 Å². The standard InChI is InChI=1S/C13H11Br2NO/c1-9(10-3-2-4-11(14)7-10)16-6-5-12(15)8-13(16)17/h2-9H,1H3. The third kappa shape index (κ3) is 2.87. The van der Waals surface area contributed by atoms with Gasteiger partial charge in [0.15, 0.2) is 0 Å². The molecule has 0 saturated heterocycles. The van der Waals surface area contributed by atoms with Crippen LogP contribution < -0.4 is 5.56 Å². The van der Waals surface area contributed by atoms with E-state index in [1.54, 1.807) is 16.8 Å². The molecule has 0 fully saturated rings. The molecule has 1 unspecified atom stereocenters. The lowest BCUT2D eigenvalue weighted by atomic mass is 10.1. The van der Waals surface area contributed by atoms with E-state index in [1.807, 2.05) is 37.3 Å². The van der Waals surface area contributed by atoms with Gasteiger partial charge in [0, 0.05) is 21.2 Å². The molecule has 0 N–H and O–H groups in total. The van der Waals surface area contributed by atoms with Crippen LogP contribution in [0.2, 0.25) is 0 Å². The first-order valence-corrected chi connectivity index (χ1v) is 6.79. The Morgan fingerprint density at radius 2 is 1.82 bits per heavy atom. The van der Waals surface area contributed by atoms with Crippen LogP contribution in [0.25, 0.3) is 0 Å². The molecule has 88 valence electrons. The predicted octanol–water partition coefficient (Wildman–Crippen LogP) is 3.98. The van der Waals surface area contributed by atoms with E-state index in [4.69, 9.17) is 0 Å². The van der Waals surface area contributed by atoms with Gasteiger partial charge in [-0.3, -0.25) is 4.79 Å². The van der Waals surface area contributed by atoms with E-state index in [0.717, 1.165) is 14.5 Å². The first-order valence-electron chi connectivity index (χ1n) is 5.21. The average Bonchev–Trinajstić information content (AvgIpc) is 2.28. The fraction of sp³-hybridized carbons (Fsp3) is 0.154. The molecule has 1 heterocycles. The number of rotatable bonds is 2. The fourth-order valence-corrected chi connectivity index (χ4v) is 2.44. The highest BCUT2D eigenvalue weighted by Gasteiger charge is 2.09. The van der Waals surface area contributed by atoms with E-state index >= 15 is 0 Å². The van der Waals surface area contributed by atoms with Crippen molar-refractivity contribution < 1.29 is 0 Å². The van der Waals surface area contributed by atoms with Gasteiger partial charge in [-0.1, -0.05) is 44.0 Å². The highest BCUT2D eigenvalue weighted by Crippen LogP contribution is 2.20. The fourth-order valence-electron chi connectivity index (χ4n) is 1.71. The number of hydrogen-bond donors (Lipinski definition) is 0. The number of halogens is 2. The van der Waals surface area contributed by atoms with Crippen molar-refractivity contribution in [1.29, 1.82) is 0 Å². The van der Waals surface area contributed by atoms with Crippen LogP contribution in [0.4, 0.5) is 0 Å². The maximum absolute atomic E-state index is 11.9. The van der Waals surface area contributed by atoms with Crippen molar-refractivity contribution in [2.24, 2.45) is 0 Å². The van der Waals surface area contributed by atoms with Crippen molar-refractivity contribution in [1.82, 2.24) is 4.57 Å². The molecule has 0 aliphatic heterocycles. The van der Waals surface area contributed by atoms with Gasteiger partial charge in [-0.2, -0.15) is 0 Å². The molecule has 0 spiro atoms. The summed E-state index contributed by atoms with van der Waals surface area (Å²) in [6.45, 7) is 2.01. The van der Waals surface area contributed by atoms with Gasteiger partial charge in [0.1, 0.15) is 0 Å². The Balaban J connectivity index is 2.44. The second kappa shape index (κ2) is 5.19. The number of nitrogens with zero attached hydrogens (tertiary/aromatic N) is 1.